The lowest BCUT2D eigenvalue weighted by Crippen LogP contribution is -2.31. The number of hydrogen-bond donors (Lipinski definition) is 1. The number of nitrogens with one attached hydrogen (secondary N) is 1. The monoisotopic (exact) mass is 349 g/mol. The molecule has 25 heavy (non-hydrogen) atoms. The lowest BCUT2D eigenvalue weighted by molar-refractivity contribution is -0.137. The van der Waals surface area contributed by atoms with Crippen LogP contribution in [0.25, 0.3) is 0 Å². The molecule has 2 aromatic heterocycles. The van der Waals surface area contributed by atoms with E-state index in [1.54, 1.807) is 35.3 Å². The van der Waals surface area contributed by atoms with Gasteiger partial charge >= 0.3 is 6.18 Å². The molecule has 130 valence electrons. The molecule has 3 rings (SSSR count). The van der Waals surface area contributed by atoms with E-state index in [-0.39, 0.29) is 18.2 Å². The minimum absolute atomic E-state index is 0.145. The van der Waals surface area contributed by atoms with Crippen LogP contribution in [0.2, 0.25) is 0 Å². The molecular weight excluding hydrogens is 335 g/mol. The van der Waals surface area contributed by atoms with Crippen molar-refractivity contribution in [3.05, 3.63) is 78.0 Å². The largest absolute Gasteiger partial charge is 0.467 e. The smallest absolute Gasteiger partial charge is 0.416 e. The van der Waals surface area contributed by atoms with Gasteiger partial charge in [-0.05, 0) is 42.5 Å². The number of amides is 1. The van der Waals surface area contributed by atoms with Crippen molar-refractivity contribution in [1.29, 1.82) is 0 Å². The average Bonchev–Trinajstić information content (AvgIpc) is 3.28. The zero-order valence-corrected chi connectivity index (χ0v) is 12.9. The van der Waals surface area contributed by atoms with E-state index in [0.717, 1.165) is 24.3 Å². The molecule has 0 aliphatic carbocycles. The maximum Gasteiger partial charge on any atom is 0.416 e. The third-order valence-electron chi connectivity index (χ3n) is 3.65. The highest BCUT2D eigenvalue weighted by Gasteiger charge is 2.30. The number of benzene rings is 1. The predicted molar refractivity (Wildman–Crippen MR) is 82.9 cm³/mol. The highest BCUT2D eigenvalue weighted by atomic mass is 19.4. The van der Waals surface area contributed by atoms with E-state index in [0.29, 0.717) is 5.76 Å². The summed E-state index contributed by atoms with van der Waals surface area (Å²) < 4.78 is 44.7. The standard InChI is InChI=1S/C17H14F3N3O2/c18-17(19,20)13-6-4-12(5-7-13)16(24)21-11-14(15-3-1-10-25-15)23-9-2-8-22-23/h1-10,14H,11H2,(H,21,24)/t14-/m1/s1. The first-order chi connectivity index (χ1) is 11.9. The zero-order chi connectivity index (χ0) is 17.9. The Balaban J connectivity index is 1.70. The number of nitrogens with zero attached hydrogens (tertiary/aromatic N) is 2. The van der Waals surface area contributed by atoms with E-state index in [1.165, 1.54) is 6.26 Å². The summed E-state index contributed by atoms with van der Waals surface area (Å²) in [7, 11) is 0. The second-order valence-corrected chi connectivity index (χ2v) is 5.30. The second kappa shape index (κ2) is 6.84. The molecule has 0 saturated heterocycles. The van der Waals surface area contributed by atoms with Crippen molar-refractivity contribution < 1.29 is 22.4 Å². The van der Waals surface area contributed by atoms with Gasteiger partial charge in [0.25, 0.3) is 5.91 Å². The van der Waals surface area contributed by atoms with Gasteiger partial charge < -0.3 is 9.73 Å². The number of carbonyl (C=O) groups excluding carboxylic acids is 1. The average molecular weight is 349 g/mol. The second-order valence-electron chi connectivity index (χ2n) is 5.30. The van der Waals surface area contributed by atoms with Crippen molar-refractivity contribution in [3.63, 3.8) is 0 Å². The van der Waals surface area contributed by atoms with Gasteiger partial charge in [-0.1, -0.05) is 0 Å². The maximum absolute atomic E-state index is 12.6. The number of aromatic nitrogens is 2. The fourth-order valence-electron chi connectivity index (χ4n) is 2.37. The van der Waals surface area contributed by atoms with Gasteiger partial charge in [0.15, 0.2) is 0 Å². The maximum atomic E-state index is 12.6. The van der Waals surface area contributed by atoms with Gasteiger partial charge in [-0.25, -0.2) is 0 Å². The molecule has 0 bridgehead atoms. The Morgan fingerprint density at radius 1 is 1.20 bits per heavy atom. The molecule has 0 radical (unpaired) electrons. The van der Waals surface area contributed by atoms with Crippen LogP contribution in [0.3, 0.4) is 0 Å². The quantitative estimate of drug-likeness (QED) is 0.767. The Bertz CT molecular complexity index is 776. The first-order valence-corrected chi connectivity index (χ1v) is 7.43. The van der Waals surface area contributed by atoms with Gasteiger partial charge in [0.1, 0.15) is 11.8 Å². The Morgan fingerprint density at radius 2 is 1.96 bits per heavy atom. The molecule has 0 aliphatic rings. The molecule has 1 atom stereocenters. The van der Waals surface area contributed by atoms with E-state index in [1.807, 2.05) is 0 Å². The number of alkyl halides is 3. The van der Waals surface area contributed by atoms with Crippen LogP contribution >= 0.6 is 0 Å². The van der Waals surface area contributed by atoms with Crippen LogP contribution < -0.4 is 5.32 Å². The minimum Gasteiger partial charge on any atom is -0.467 e. The molecular formula is C17H14F3N3O2. The lowest BCUT2D eigenvalue weighted by atomic mass is 10.1. The molecule has 0 saturated carbocycles. The van der Waals surface area contributed by atoms with E-state index < -0.39 is 17.6 Å². The Labute approximate surface area is 141 Å². The first-order valence-electron chi connectivity index (χ1n) is 7.43. The summed E-state index contributed by atoms with van der Waals surface area (Å²) >= 11 is 0. The summed E-state index contributed by atoms with van der Waals surface area (Å²) in [5.41, 5.74) is -0.652. The van der Waals surface area contributed by atoms with Crippen LogP contribution in [0, 0.1) is 0 Å². The van der Waals surface area contributed by atoms with Gasteiger partial charge in [-0.15, -0.1) is 0 Å². The fourth-order valence-corrected chi connectivity index (χ4v) is 2.37. The molecule has 1 aromatic carbocycles. The summed E-state index contributed by atoms with van der Waals surface area (Å²) in [5, 5.41) is 6.84. The highest BCUT2D eigenvalue weighted by Crippen LogP contribution is 2.29. The molecule has 8 heteroatoms. The van der Waals surface area contributed by atoms with Crippen LogP contribution in [0.4, 0.5) is 13.2 Å². The van der Waals surface area contributed by atoms with Crippen molar-refractivity contribution in [2.75, 3.05) is 6.54 Å². The van der Waals surface area contributed by atoms with E-state index in [2.05, 4.69) is 10.4 Å². The molecule has 2 heterocycles. The summed E-state index contributed by atoms with van der Waals surface area (Å²) in [6.45, 7) is 0.176. The normalized spacial score (nSPS) is 12.8. The van der Waals surface area contributed by atoms with Crippen LogP contribution in [0.5, 0.6) is 0 Å². The van der Waals surface area contributed by atoms with Crippen molar-refractivity contribution in [2.24, 2.45) is 0 Å². The summed E-state index contributed by atoms with van der Waals surface area (Å²) in [6, 6.07) is 8.93. The Hall–Kier alpha value is -3.03. The topological polar surface area (TPSA) is 60.1 Å². The summed E-state index contributed by atoms with van der Waals surface area (Å²) in [6.07, 6.45) is 0.425. The highest BCUT2D eigenvalue weighted by molar-refractivity contribution is 5.94. The molecule has 3 aromatic rings. The molecule has 1 N–H and O–H groups in total. The molecule has 0 spiro atoms. The molecule has 0 unspecified atom stereocenters. The van der Waals surface area contributed by atoms with Crippen LogP contribution in [0.1, 0.15) is 27.7 Å². The SMILES string of the molecule is O=C(NC[C@H](c1ccco1)n1cccn1)c1ccc(C(F)(F)F)cc1. The van der Waals surface area contributed by atoms with Gasteiger partial charge in [0, 0.05) is 24.5 Å². The number of hydrogen-bond acceptors (Lipinski definition) is 3. The molecule has 5 nitrogen and oxygen atoms in total. The van der Waals surface area contributed by atoms with Crippen molar-refractivity contribution in [1.82, 2.24) is 15.1 Å². The van der Waals surface area contributed by atoms with Gasteiger partial charge in [0.05, 0.1) is 11.8 Å². The fraction of sp³-hybridized carbons (Fsp3) is 0.176. The van der Waals surface area contributed by atoms with Crippen LogP contribution in [0.15, 0.2) is 65.5 Å². The van der Waals surface area contributed by atoms with Crippen molar-refractivity contribution in [2.45, 2.75) is 12.2 Å². The van der Waals surface area contributed by atoms with Crippen molar-refractivity contribution in [3.8, 4) is 0 Å². The van der Waals surface area contributed by atoms with E-state index >= 15 is 0 Å². The van der Waals surface area contributed by atoms with Crippen LogP contribution in [-0.2, 0) is 6.18 Å². The molecule has 0 fully saturated rings. The summed E-state index contributed by atoms with van der Waals surface area (Å²) in [5.74, 6) is 0.133. The van der Waals surface area contributed by atoms with E-state index in [4.69, 9.17) is 4.42 Å². The molecule has 0 aliphatic heterocycles. The first kappa shape index (κ1) is 16.8. The number of carbonyl (C=O) groups is 1. The lowest BCUT2D eigenvalue weighted by Gasteiger charge is -2.16. The third kappa shape index (κ3) is 3.90. The van der Waals surface area contributed by atoms with Gasteiger partial charge in [-0.3, -0.25) is 9.48 Å². The van der Waals surface area contributed by atoms with E-state index in [9.17, 15) is 18.0 Å². The number of halogens is 3. The van der Waals surface area contributed by atoms with Gasteiger partial charge in [-0.2, -0.15) is 18.3 Å². The van der Waals surface area contributed by atoms with Crippen LogP contribution in [-0.4, -0.2) is 22.2 Å². The third-order valence-corrected chi connectivity index (χ3v) is 3.65. The predicted octanol–water partition coefficient (Wildman–Crippen LogP) is 3.51. The minimum atomic E-state index is -4.43. The Kier molecular flexibility index (Phi) is 4.60. The molecule has 1 amide bonds. The van der Waals surface area contributed by atoms with Crippen molar-refractivity contribution >= 4 is 5.91 Å². The number of rotatable bonds is 5. The van der Waals surface area contributed by atoms with Gasteiger partial charge in [0.2, 0.25) is 0 Å². The Morgan fingerprint density at radius 3 is 2.52 bits per heavy atom. The summed E-state index contributed by atoms with van der Waals surface area (Å²) in [4.78, 5) is 12.2. The number of furan rings is 1. The zero-order valence-electron chi connectivity index (χ0n) is 12.9.